The maximum atomic E-state index is 13.7. The van der Waals surface area contributed by atoms with Crippen LogP contribution in [0.4, 0.5) is 4.39 Å². The quantitative estimate of drug-likeness (QED) is 0.760. The Morgan fingerprint density at radius 3 is 2.33 bits per heavy atom. The van der Waals surface area contributed by atoms with Crippen molar-refractivity contribution in [2.45, 2.75) is 38.0 Å². The lowest BCUT2D eigenvalue weighted by Gasteiger charge is -2.30. The third-order valence-electron chi connectivity index (χ3n) is 4.55. The van der Waals surface area contributed by atoms with Crippen LogP contribution in [0.15, 0.2) is 48.5 Å². The number of benzene rings is 2. The molecule has 0 atom stereocenters. The predicted molar refractivity (Wildman–Crippen MR) is 83.3 cm³/mol. The Kier molecular flexibility index (Phi) is 3.96. The van der Waals surface area contributed by atoms with E-state index in [1.807, 2.05) is 25.1 Å². The summed E-state index contributed by atoms with van der Waals surface area (Å²) in [7, 11) is 0. The van der Waals surface area contributed by atoms with Crippen LogP contribution in [0.1, 0.15) is 43.7 Å². The van der Waals surface area contributed by atoms with E-state index in [0.29, 0.717) is 6.61 Å². The maximum Gasteiger partial charge on any atom is 0.123 e. The molecule has 110 valence electrons. The van der Waals surface area contributed by atoms with Gasteiger partial charge in [-0.1, -0.05) is 37.1 Å². The average molecular weight is 284 g/mol. The summed E-state index contributed by atoms with van der Waals surface area (Å²) in [5.41, 5.74) is 2.34. The summed E-state index contributed by atoms with van der Waals surface area (Å²) >= 11 is 0. The first-order chi connectivity index (χ1) is 10.2. The fourth-order valence-electron chi connectivity index (χ4n) is 3.55. The molecule has 0 aliphatic heterocycles. The Bertz CT molecular complexity index is 597. The zero-order valence-corrected chi connectivity index (χ0v) is 12.4. The largest absolute Gasteiger partial charge is 0.494 e. The first-order valence-corrected chi connectivity index (χ1v) is 7.74. The van der Waals surface area contributed by atoms with Crippen molar-refractivity contribution in [3.63, 3.8) is 0 Å². The molecule has 0 radical (unpaired) electrons. The number of hydrogen-bond acceptors (Lipinski definition) is 1. The second-order valence-electron chi connectivity index (χ2n) is 5.76. The van der Waals surface area contributed by atoms with Gasteiger partial charge in [0, 0.05) is 5.41 Å². The highest BCUT2D eigenvalue weighted by molar-refractivity contribution is 5.42. The molecule has 0 heterocycles. The minimum Gasteiger partial charge on any atom is -0.494 e. The third-order valence-corrected chi connectivity index (χ3v) is 4.55. The van der Waals surface area contributed by atoms with Crippen molar-refractivity contribution < 1.29 is 9.13 Å². The highest BCUT2D eigenvalue weighted by Crippen LogP contribution is 2.46. The van der Waals surface area contributed by atoms with Crippen LogP contribution in [-0.2, 0) is 5.41 Å². The Morgan fingerprint density at radius 2 is 1.71 bits per heavy atom. The summed E-state index contributed by atoms with van der Waals surface area (Å²) in [5.74, 6) is 0.748. The van der Waals surface area contributed by atoms with Gasteiger partial charge in [0.1, 0.15) is 11.6 Å². The van der Waals surface area contributed by atoms with Gasteiger partial charge in [-0.15, -0.1) is 0 Å². The molecule has 1 nitrogen and oxygen atoms in total. The monoisotopic (exact) mass is 284 g/mol. The summed E-state index contributed by atoms with van der Waals surface area (Å²) in [4.78, 5) is 0. The minimum absolute atomic E-state index is 0.0349. The number of hydrogen-bond donors (Lipinski definition) is 0. The molecule has 2 aromatic carbocycles. The van der Waals surface area contributed by atoms with Gasteiger partial charge in [-0.25, -0.2) is 4.39 Å². The number of rotatable bonds is 4. The molecule has 1 fully saturated rings. The van der Waals surface area contributed by atoms with E-state index in [-0.39, 0.29) is 11.2 Å². The van der Waals surface area contributed by atoms with Crippen molar-refractivity contribution in [1.29, 1.82) is 0 Å². The molecule has 0 amide bonds. The molecule has 1 aliphatic carbocycles. The van der Waals surface area contributed by atoms with Crippen LogP contribution < -0.4 is 4.74 Å². The van der Waals surface area contributed by atoms with E-state index in [1.165, 1.54) is 24.5 Å². The van der Waals surface area contributed by atoms with Gasteiger partial charge in [0.2, 0.25) is 0 Å². The van der Waals surface area contributed by atoms with Gasteiger partial charge < -0.3 is 4.74 Å². The summed E-state index contributed by atoms with van der Waals surface area (Å²) in [5, 5.41) is 0. The molecule has 0 aromatic heterocycles. The van der Waals surface area contributed by atoms with E-state index in [2.05, 4.69) is 18.2 Å². The first kappa shape index (κ1) is 14.1. The molecule has 2 heteroatoms. The third kappa shape index (κ3) is 2.67. The molecule has 0 N–H and O–H groups in total. The molecule has 1 aliphatic rings. The Labute approximate surface area is 125 Å². The van der Waals surface area contributed by atoms with Crippen molar-refractivity contribution >= 4 is 0 Å². The summed E-state index contributed by atoms with van der Waals surface area (Å²) < 4.78 is 19.2. The molecule has 0 bridgehead atoms. The number of ether oxygens (including phenoxy) is 1. The lowest BCUT2D eigenvalue weighted by molar-refractivity contribution is 0.340. The van der Waals surface area contributed by atoms with Gasteiger partial charge in [0.25, 0.3) is 0 Å². The smallest absolute Gasteiger partial charge is 0.123 e. The average Bonchev–Trinajstić information content (AvgIpc) is 2.99. The molecule has 0 spiro atoms. The van der Waals surface area contributed by atoms with E-state index in [4.69, 9.17) is 4.74 Å². The maximum absolute atomic E-state index is 13.7. The molecule has 1 saturated carbocycles. The van der Waals surface area contributed by atoms with Crippen LogP contribution in [0.2, 0.25) is 0 Å². The molecule has 0 unspecified atom stereocenters. The number of halogens is 1. The lowest BCUT2D eigenvalue weighted by Crippen LogP contribution is -2.23. The predicted octanol–water partition coefficient (Wildman–Crippen LogP) is 5.08. The van der Waals surface area contributed by atoms with E-state index >= 15 is 0 Å². The van der Waals surface area contributed by atoms with Crippen LogP contribution in [0, 0.1) is 5.82 Å². The topological polar surface area (TPSA) is 9.23 Å². The van der Waals surface area contributed by atoms with Gasteiger partial charge in [0.15, 0.2) is 0 Å². The zero-order valence-electron chi connectivity index (χ0n) is 12.4. The Balaban J connectivity index is 2.01. The van der Waals surface area contributed by atoms with Crippen molar-refractivity contribution in [3.05, 3.63) is 65.5 Å². The fraction of sp³-hybridized carbons (Fsp3) is 0.368. The molecule has 3 rings (SSSR count). The first-order valence-electron chi connectivity index (χ1n) is 7.74. The van der Waals surface area contributed by atoms with Crippen molar-refractivity contribution in [3.8, 4) is 5.75 Å². The summed E-state index contributed by atoms with van der Waals surface area (Å²) in [6.45, 7) is 2.66. The second kappa shape index (κ2) is 5.88. The second-order valence-corrected chi connectivity index (χ2v) is 5.76. The Morgan fingerprint density at radius 1 is 1.00 bits per heavy atom. The van der Waals surface area contributed by atoms with Crippen LogP contribution in [0.3, 0.4) is 0 Å². The zero-order chi connectivity index (χ0) is 14.7. The molecule has 21 heavy (non-hydrogen) atoms. The van der Waals surface area contributed by atoms with Gasteiger partial charge in [-0.2, -0.15) is 0 Å². The summed E-state index contributed by atoms with van der Waals surface area (Å²) in [6, 6.07) is 15.4. The summed E-state index contributed by atoms with van der Waals surface area (Å²) in [6.07, 6.45) is 4.57. The molecular weight excluding hydrogens is 263 g/mol. The van der Waals surface area contributed by atoms with Crippen molar-refractivity contribution in [2.75, 3.05) is 6.61 Å². The van der Waals surface area contributed by atoms with Crippen LogP contribution >= 0.6 is 0 Å². The minimum atomic E-state index is -0.148. The van der Waals surface area contributed by atoms with Gasteiger partial charge >= 0.3 is 0 Å². The van der Waals surface area contributed by atoms with E-state index in [1.54, 1.807) is 6.07 Å². The van der Waals surface area contributed by atoms with Crippen LogP contribution in [-0.4, -0.2) is 6.61 Å². The highest BCUT2D eigenvalue weighted by atomic mass is 19.1. The molecule has 0 saturated heterocycles. The van der Waals surface area contributed by atoms with Gasteiger partial charge in [-0.3, -0.25) is 0 Å². The van der Waals surface area contributed by atoms with Crippen LogP contribution in [0.25, 0.3) is 0 Å². The molecule has 2 aromatic rings. The highest BCUT2D eigenvalue weighted by Gasteiger charge is 2.37. The van der Waals surface area contributed by atoms with E-state index < -0.39 is 0 Å². The SMILES string of the molecule is CCOc1ccc(C2(c3cccc(F)c3)CCCC2)cc1. The van der Waals surface area contributed by atoms with Gasteiger partial charge in [0.05, 0.1) is 6.61 Å². The Hall–Kier alpha value is -1.83. The van der Waals surface area contributed by atoms with E-state index in [9.17, 15) is 4.39 Å². The fourth-order valence-corrected chi connectivity index (χ4v) is 3.55. The lowest BCUT2D eigenvalue weighted by atomic mass is 9.73. The van der Waals surface area contributed by atoms with E-state index in [0.717, 1.165) is 24.2 Å². The van der Waals surface area contributed by atoms with Crippen molar-refractivity contribution in [1.82, 2.24) is 0 Å². The normalized spacial score (nSPS) is 16.9. The molecular formula is C19H21FO. The van der Waals surface area contributed by atoms with Gasteiger partial charge in [-0.05, 0) is 55.2 Å². The van der Waals surface area contributed by atoms with Crippen molar-refractivity contribution in [2.24, 2.45) is 0 Å². The van der Waals surface area contributed by atoms with Crippen LogP contribution in [0.5, 0.6) is 5.75 Å². The standard InChI is InChI=1S/C19H21FO/c1-2-21-18-10-8-15(9-11-18)19(12-3-4-13-19)16-6-5-7-17(20)14-16/h5-11,14H,2-4,12-13H2,1H3.